The molecule has 8 fully saturated rings. The van der Waals surface area contributed by atoms with Crippen molar-refractivity contribution in [3.05, 3.63) is 34.4 Å². The largest absolute Gasteiger partial charge is 0.513 e. The molecule has 0 unspecified atom stereocenters. The van der Waals surface area contributed by atoms with Gasteiger partial charge >= 0.3 is 6.16 Å². The lowest BCUT2D eigenvalue weighted by atomic mass is 9.41. The number of morpholine rings is 1. The first-order valence-electron chi connectivity index (χ1n) is 21.1. The van der Waals surface area contributed by atoms with E-state index in [1.54, 1.807) is 0 Å². The van der Waals surface area contributed by atoms with Crippen LogP contribution in [0.2, 0.25) is 0 Å². The summed E-state index contributed by atoms with van der Waals surface area (Å²) in [5, 5.41) is 23.5. The molecular weight excluding hydrogens is 704 g/mol. The fourth-order valence-electron chi connectivity index (χ4n) is 14.5. The second-order valence-electron chi connectivity index (χ2n) is 20.0. The van der Waals surface area contributed by atoms with Crippen molar-refractivity contribution in [2.75, 3.05) is 26.3 Å². The second kappa shape index (κ2) is 13.1. The van der Waals surface area contributed by atoms with Crippen molar-refractivity contribution >= 4 is 17.7 Å². The van der Waals surface area contributed by atoms with Crippen molar-refractivity contribution in [1.82, 2.24) is 4.90 Å². The predicted octanol–water partition coefficient (Wildman–Crippen LogP) is 7.29. The highest BCUT2D eigenvalue weighted by Gasteiger charge is 2.84. The Kier molecular flexibility index (Phi) is 9.00. The molecule has 12 heteroatoms. The van der Waals surface area contributed by atoms with Crippen LogP contribution < -0.4 is 4.74 Å². The van der Waals surface area contributed by atoms with Crippen molar-refractivity contribution in [2.24, 2.45) is 56.7 Å². The molecule has 2 aliphatic heterocycles. The van der Waals surface area contributed by atoms with Gasteiger partial charge in [-0.2, -0.15) is 0 Å². The van der Waals surface area contributed by atoms with Crippen LogP contribution in [0.15, 0.2) is 24.3 Å². The van der Waals surface area contributed by atoms with Crippen LogP contribution in [0.4, 0.5) is 10.5 Å². The van der Waals surface area contributed by atoms with Crippen LogP contribution in [0.3, 0.4) is 0 Å². The van der Waals surface area contributed by atoms with Crippen LogP contribution >= 0.6 is 0 Å². The van der Waals surface area contributed by atoms with Gasteiger partial charge in [0.2, 0.25) is 5.91 Å². The molecule has 9 rings (SSSR count). The maximum Gasteiger partial charge on any atom is 0.513 e. The van der Waals surface area contributed by atoms with Gasteiger partial charge in [-0.05, 0) is 128 Å². The molecule has 6 saturated carbocycles. The summed E-state index contributed by atoms with van der Waals surface area (Å²) in [5.74, 6) is 2.39. The van der Waals surface area contributed by atoms with E-state index in [2.05, 4.69) is 34.6 Å². The third kappa shape index (κ3) is 5.72. The van der Waals surface area contributed by atoms with Gasteiger partial charge in [0.1, 0.15) is 12.4 Å². The number of fused-ring (bicyclic) bond motifs is 4. The topological polar surface area (TPSA) is 147 Å². The summed E-state index contributed by atoms with van der Waals surface area (Å²) in [7, 11) is 0. The number of nitro benzene ring substituents is 1. The van der Waals surface area contributed by atoms with Gasteiger partial charge in [0.05, 0.1) is 42.5 Å². The third-order valence-corrected chi connectivity index (χ3v) is 17.3. The van der Waals surface area contributed by atoms with E-state index in [0.717, 1.165) is 38.5 Å². The second-order valence-corrected chi connectivity index (χ2v) is 20.0. The summed E-state index contributed by atoms with van der Waals surface area (Å²) in [4.78, 5) is 37.9. The molecule has 2 spiro atoms. The molecule has 2 heterocycles. The molecule has 1 N–H and O–H groups in total. The number of carbonyl (C=O) groups is 2. The van der Waals surface area contributed by atoms with Gasteiger partial charge in [0.15, 0.2) is 6.29 Å². The van der Waals surface area contributed by atoms with Gasteiger partial charge in [0.25, 0.3) is 5.69 Å². The molecule has 302 valence electrons. The molecule has 55 heavy (non-hydrogen) atoms. The summed E-state index contributed by atoms with van der Waals surface area (Å²) < 4.78 is 30.5. The number of non-ortho nitro benzene ring substituents is 1. The Balaban J connectivity index is 0.863. The summed E-state index contributed by atoms with van der Waals surface area (Å²) >= 11 is 0. The Bertz CT molecular complexity index is 1700. The van der Waals surface area contributed by atoms with Crippen LogP contribution in [0.1, 0.15) is 105 Å². The third-order valence-electron chi connectivity index (χ3n) is 17.3. The SMILES string of the molecule is C[C@@H]1C[C@H](COC(=O)Oc2ccc([N+](=O)[O-])cc2)O[C@H]2[C@H]1[C@@]1(C)CC[C@@]34C[C@@]35CC[C@H](O[C@H]3CN(C(=O)CC6CC6)CCO3)C(C)(C)[C@@H]5CC[C@H]4[C@]1(C)[C@H]2O. The number of rotatable bonds is 8. The number of aliphatic hydroxyl groups excluding tert-OH is 1. The minimum absolute atomic E-state index is 0.0106. The first-order valence-corrected chi connectivity index (χ1v) is 21.1. The van der Waals surface area contributed by atoms with Gasteiger partial charge in [-0.3, -0.25) is 14.9 Å². The highest BCUT2D eigenvalue weighted by molar-refractivity contribution is 5.76. The Morgan fingerprint density at radius 2 is 1.73 bits per heavy atom. The highest BCUT2D eigenvalue weighted by atomic mass is 16.7. The van der Waals surface area contributed by atoms with Gasteiger partial charge in [0, 0.05) is 30.5 Å². The molecular formula is C43H60N2O10. The molecule has 0 radical (unpaired) electrons. The molecule has 13 atom stereocenters. The number of aliphatic hydroxyl groups is 1. The van der Waals surface area contributed by atoms with Crippen LogP contribution in [0.25, 0.3) is 0 Å². The van der Waals surface area contributed by atoms with E-state index in [0.29, 0.717) is 43.9 Å². The molecule has 0 bridgehead atoms. The van der Waals surface area contributed by atoms with Gasteiger partial charge in [-0.1, -0.05) is 34.6 Å². The fraction of sp³-hybridized carbons (Fsp3) is 0.814. The van der Waals surface area contributed by atoms with Crippen molar-refractivity contribution in [3.63, 3.8) is 0 Å². The monoisotopic (exact) mass is 764 g/mol. The molecule has 12 nitrogen and oxygen atoms in total. The first-order chi connectivity index (χ1) is 26.1. The van der Waals surface area contributed by atoms with Crippen molar-refractivity contribution < 1.29 is 43.3 Å². The van der Waals surface area contributed by atoms with Crippen LogP contribution in [-0.2, 0) is 23.7 Å². The fourth-order valence-corrected chi connectivity index (χ4v) is 14.5. The lowest BCUT2D eigenvalue weighted by Crippen LogP contribution is -2.60. The number of amides is 1. The van der Waals surface area contributed by atoms with Crippen molar-refractivity contribution in [3.8, 4) is 5.75 Å². The number of nitro groups is 1. The van der Waals surface area contributed by atoms with E-state index in [9.17, 15) is 24.8 Å². The number of ether oxygens (including phenoxy) is 5. The summed E-state index contributed by atoms with van der Waals surface area (Å²) in [6.45, 7) is 13.6. The van der Waals surface area contributed by atoms with E-state index in [1.165, 1.54) is 49.9 Å². The molecule has 6 aliphatic carbocycles. The Hall–Kier alpha value is -2.80. The number of carbonyl (C=O) groups excluding carboxylic acids is 2. The van der Waals surface area contributed by atoms with Crippen molar-refractivity contribution in [1.29, 1.82) is 0 Å². The molecule has 1 aromatic carbocycles. The Labute approximate surface area is 324 Å². The Morgan fingerprint density at radius 1 is 1.00 bits per heavy atom. The van der Waals surface area contributed by atoms with Crippen LogP contribution in [0.5, 0.6) is 5.75 Å². The zero-order valence-corrected chi connectivity index (χ0v) is 33.2. The zero-order valence-electron chi connectivity index (χ0n) is 33.2. The molecule has 1 amide bonds. The average Bonchev–Trinajstić information content (AvgIpc) is 4.07. The predicted molar refractivity (Wildman–Crippen MR) is 200 cm³/mol. The summed E-state index contributed by atoms with van der Waals surface area (Å²) in [6, 6.07) is 5.29. The highest BCUT2D eigenvalue weighted by Crippen LogP contribution is 2.89. The van der Waals surface area contributed by atoms with Gasteiger partial charge < -0.3 is 33.7 Å². The maximum absolute atomic E-state index is 12.9. The minimum Gasteiger partial charge on any atom is -0.431 e. The number of hydrogen-bond acceptors (Lipinski definition) is 10. The van der Waals surface area contributed by atoms with E-state index < -0.39 is 17.2 Å². The number of benzene rings is 1. The molecule has 8 aliphatic rings. The zero-order chi connectivity index (χ0) is 38.7. The maximum atomic E-state index is 12.9. The van der Waals surface area contributed by atoms with Crippen LogP contribution in [-0.4, -0.2) is 84.0 Å². The Morgan fingerprint density at radius 3 is 2.45 bits per heavy atom. The lowest BCUT2D eigenvalue weighted by Gasteiger charge is -2.64. The van der Waals surface area contributed by atoms with Gasteiger partial charge in [-0.15, -0.1) is 0 Å². The smallest absolute Gasteiger partial charge is 0.431 e. The lowest BCUT2D eigenvalue weighted by molar-refractivity contribution is -0.384. The first kappa shape index (κ1) is 37.8. The summed E-state index contributed by atoms with van der Waals surface area (Å²) in [6.07, 6.45) is 9.03. The minimum atomic E-state index is -0.889. The van der Waals surface area contributed by atoms with E-state index in [-0.39, 0.29) is 87.5 Å². The number of hydrogen-bond donors (Lipinski definition) is 1. The quantitative estimate of drug-likeness (QED) is 0.124. The van der Waals surface area contributed by atoms with E-state index in [1.807, 2.05) is 4.90 Å². The van der Waals surface area contributed by atoms with Crippen LogP contribution in [0, 0.1) is 66.8 Å². The van der Waals surface area contributed by atoms with E-state index >= 15 is 0 Å². The van der Waals surface area contributed by atoms with E-state index in [4.69, 9.17) is 23.7 Å². The molecule has 2 saturated heterocycles. The standard InChI is InChI=1S/C43H60N2O10/c1-25-20-29(23-52-38(48)54-28-10-8-27(9-11-28)45(49)50)53-36-35(25)40(4)16-17-43-24-42(43)15-14-32(39(2,3)30(42)12-13-31(43)41(40,5)37(36)47)55-34-22-44(18-19-51-34)33(46)21-26-6-7-26/h8-11,25-26,29-32,34-37,47H,6-7,12-24H2,1-5H3/t25-,29-,30+,31+,32+,34+,35+,36+,37+,40-,41-,42-,43+/m1/s1. The summed E-state index contributed by atoms with van der Waals surface area (Å²) in [5.41, 5.74) is -0.0553. The number of nitrogens with zero attached hydrogens (tertiary/aromatic N) is 2. The average molecular weight is 765 g/mol. The normalized spacial score (nSPS) is 45.2. The van der Waals surface area contributed by atoms with Crippen molar-refractivity contribution in [2.45, 2.75) is 136 Å². The molecule has 0 aromatic heterocycles. The molecule has 1 aromatic rings. The van der Waals surface area contributed by atoms with Gasteiger partial charge in [-0.25, -0.2) is 4.79 Å².